The third-order valence-electron chi connectivity index (χ3n) is 5.82. The van der Waals surface area contributed by atoms with Gasteiger partial charge in [0.2, 0.25) is 11.8 Å². The molecule has 10 heteroatoms. The molecule has 0 unspecified atom stereocenters. The van der Waals surface area contributed by atoms with Crippen molar-refractivity contribution in [1.82, 2.24) is 9.97 Å². The topological polar surface area (TPSA) is 110 Å². The lowest BCUT2D eigenvalue weighted by molar-refractivity contribution is 0.102. The first-order chi connectivity index (χ1) is 17.1. The van der Waals surface area contributed by atoms with E-state index >= 15 is 0 Å². The number of benzene rings is 3. The van der Waals surface area contributed by atoms with Gasteiger partial charge in [-0.15, -0.1) is 0 Å². The summed E-state index contributed by atoms with van der Waals surface area (Å²) in [5.41, 5.74) is 4.22. The minimum Gasteiger partial charge on any atom is -0.437 e. The Labute approximate surface area is 213 Å². The highest BCUT2D eigenvalue weighted by Crippen LogP contribution is 2.39. The Balaban J connectivity index is 1.79. The molecule has 8 nitrogen and oxygen atoms in total. The van der Waals surface area contributed by atoms with Crippen LogP contribution in [0, 0.1) is 20.8 Å². The fraction of sp³-hybridized carbons (Fsp3) is 0.115. The maximum atomic E-state index is 13.2. The predicted molar refractivity (Wildman–Crippen MR) is 138 cm³/mol. The Kier molecular flexibility index (Phi) is 5.89. The molecule has 0 atom stereocenters. The molecule has 4 aromatic rings. The zero-order chi connectivity index (χ0) is 25.6. The first-order valence-electron chi connectivity index (χ1n) is 11.0. The van der Waals surface area contributed by atoms with Crippen LogP contribution in [0.3, 0.4) is 0 Å². The van der Waals surface area contributed by atoms with E-state index in [9.17, 15) is 13.2 Å². The molecule has 1 aliphatic rings. The first-order valence-corrected chi connectivity index (χ1v) is 12.9. The molecule has 2 N–H and O–H groups in total. The summed E-state index contributed by atoms with van der Waals surface area (Å²) < 4.78 is 35.0. The van der Waals surface area contributed by atoms with E-state index in [4.69, 9.17) is 16.3 Å². The number of ether oxygens (including phenoxy) is 1. The Morgan fingerprint density at radius 3 is 2.36 bits per heavy atom. The molecule has 6 bridgehead atoms. The van der Waals surface area contributed by atoms with E-state index in [2.05, 4.69) is 20.0 Å². The monoisotopic (exact) mass is 520 g/mol. The molecule has 5 rings (SSSR count). The van der Waals surface area contributed by atoms with Crippen molar-refractivity contribution in [1.29, 1.82) is 0 Å². The Morgan fingerprint density at radius 2 is 1.61 bits per heavy atom. The third kappa shape index (κ3) is 4.38. The average molecular weight is 521 g/mol. The molecular formula is C26H21ClN4O4S. The van der Waals surface area contributed by atoms with E-state index in [0.29, 0.717) is 22.7 Å². The highest BCUT2D eigenvalue weighted by molar-refractivity contribution is 7.92. The van der Waals surface area contributed by atoms with E-state index in [1.165, 1.54) is 18.2 Å². The molecule has 0 saturated heterocycles. The molecule has 0 aliphatic carbocycles. The lowest BCUT2D eigenvalue weighted by Crippen LogP contribution is -2.17. The van der Waals surface area contributed by atoms with Gasteiger partial charge in [0.15, 0.2) is 0 Å². The number of nitrogens with zero attached hydrogens (tertiary/aromatic N) is 2. The zero-order valence-electron chi connectivity index (χ0n) is 19.6. The summed E-state index contributed by atoms with van der Waals surface area (Å²) in [5.74, 6) is -0.332. The van der Waals surface area contributed by atoms with Crippen molar-refractivity contribution in [2.45, 2.75) is 25.7 Å². The van der Waals surface area contributed by atoms with Gasteiger partial charge in [0, 0.05) is 16.8 Å². The standard InChI is InChI=1S/C26H21ClN4O4S/c1-14-10-11-17-12-20(14)35-25-22(27)23(21-15(2)6-4-7-16(21)3)29-26(30-25)31-36(33,34)19-9-5-8-18(13-19)28-24(17)32/h4-13H,1-3H3,(H,28,32)(H,29,30,31). The lowest BCUT2D eigenvalue weighted by atomic mass is 10.00. The van der Waals surface area contributed by atoms with E-state index in [1.54, 1.807) is 24.3 Å². The molecule has 36 heavy (non-hydrogen) atoms. The van der Waals surface area contributed by atoms with Crippen molar-refractivity contribution in [3.8, 4) is 22.9 Å². The molecule has 0 fully saturated rings. The number of rotatable bonds is 1. The molecule has 2 heterocycles. The zero-order valence-corrected chi connectivity index (χ0v) is 21.2. The van der Waals surface area contributed by atoms with Crippen LogP contribution in [0.5, 0.6) is 11.6 Å². The fourth-order valence-electron chi connectivity index (χ4n) is 3.97. The first kappa shape index (κ1) is 23.8. The number of aryl methyl sites for hydroxylation is 3. The Bertz CT molecular complexity index is 1630. The Hall–Kier alpha value is -3.95. The molecule has 0 spiro atoms. The number of halogens is 1. The number of amides is 1. The SMILES string of the molecule is Cc1ccc2cc1Oc1nc(nc(-c3c(C)cccc3C)c1Cl)NS(=O)(=O)c1cccc(c1)NC2=O. The van der Waals surface area contributed by atoms with Crippen LogP contribution in [0.15, 0.2) is 65.6 Å². The smallest absolute Gasteiger partial charge is 0.264 e. The summed E-state index contributed by atoms with van der Waals surface area (Å²) in [5, 5.41) is 2.83. The van der Waals surface area contributed by atoms with Crippen LogP contribution in [0.4, 0.5) is 11.6 Å². The summed E-state index contributed by atoms with van der Waals surface area (Å²) in [6, 6.07) is 16.6. The molecular weight excluding hydrogens is 500 g/mol. The van der Waals surface area contributed by atoms with Crippen molar-refractivity contribution in [3.05, 3.63) is 87.9 Å². The fourth-order valence-corrected chi connectivity index (χ4v) is 5.18. The molecule has 1 aromatic heterocycles. The van der Waals surface area contributed by atoms with Gasteiger partial charge in [-0.3, -0.25) is 4.79 Å². The predicted octanol–water partition coefficient (Wildman–Crippen LogP) is 5.88. The van der Waals surface area contributed by atoms with Crippen molar-refractivity contribution in [3.63, 3.8) is 0 Å². The van der Waals surface area contributed by atoms with Gasteiger partial charge < -0.3 is 10.1 Å². The maximum Gasteiger partial charge on any atom is 0.264 e. The van der Waals surface area contributed by atoms with Gasteiger partial charge in [-0.2, -0.15) is 4.98 Å². The third-order valence-corrected chi connectivity index (χ3v) is 7.49. The van der Waals surface area contributed by atoms with Crippen molar-refractivity contribution in [2.75, 3.05) is 10.0 Å². The average Bonchev–Trinajstić information content (AvgIpc) is 2.82. The number of hydrogen-bond acceptors (Lipinski definition) is 6. The van der Waals surface area contributed by atoms with Gasteiger partial charge in [-0.25, -0.2) is 18.1 Å². The minimum atomic E-state index is -4.11. The Morgan fingerprint density at radius 1 is 0.889 bits per heavy atom. The molecule has 0 radical (unpaired) electrons. The van der Waals surface area contributed by atoms with Gasteiger partial charge in [-0.05, 0) is 67.8 Å². The van der Waals surface area contributed by atoms with E-state index in [0.717, 1.165) is 22.3 Å². The number of aromatic nitrogens is 2. The number of sulfonamides is 1. The van der Waals surface area contributed by atoms with Crippen molar-refractivity contribution in [2.24, 2.45) is 0 Å². The molecule has 3 aromatic carbocycles. The molecule has 0 saturated carbocycles. The number of fused-ring (bicyclic) bond motifs is 6. The number of anilines is 2. The van der Waals surface area contributed by atoms with Crippen LogP contribution in [0.25, 0.3) is 11.3 Å². The van der Waals surface area contributed by atoms with Crippen LogP contribution in [0.1, 0.15) is 27.0 Å². The summed E-state index contributed by atoms with van der Waals surface area (Å²) in [7, 11) is -4.11. The normalized spacial score (nSPS) is 14.2. The van der Waals surface area contributed by atoms with Gasteiger partial charge in [0.05, 0.1) is 10.6 Å². The second kappa shape index (κ2) is 8.92. The quantitative estimate of drug-likeness (QED) is 0.324. The van der Waals surface area contributed by atoms with Crippen LogP contribution >= 0.6 is 11.6 Å². The van der Waals surface area contributed by atoms with Gasteiger partial charge in [0.25, 0.3) is 15.9 Å². The van der Waals surface area contributed by atoms with Crippen LogP contribution in [-0.4, -0.2) is 24.3 Å². The van der Waals surface area contributed by atoms with Crippen molar-refractivity contribution < 1.29 is 17.9 Å². The van der Waals surface area contributed by atoms with Crippen LogP contribution in [-0.2, 0) is 10.0 Å². The molecule has 1 amide bonds. The summed E-state index contributed by atoms with van der Waals surface area (Å²) in [6.45, 7) is 5.64. The number of carbonyl (C=O) groups excluding carboxylic acids is 1. The van der Waals surface area contributed by atoms with Crippen LogP contribution < -0.4 is 14.8 Å². The summed E-state index contributed by atoms with van der Waals surface area (Å²) >= 11 is 6.76. The van der Waals surface area contributed by atoms with Crippen LogP contribution in [0.2, 0.25) is 5.02 Å². The van der Waals surface area contributed by atoms with E-state index in [1.807, 2.05) is 39.0 Å². The minimum absolute atomic E-state index is 0.0477. The second-order valence-corrected chi connectivity index (χ2v) is 10.5. The van der Waals surface area contributed by atoms with Gasteiger partial charge >= 0.3 is 0 Å². The van der Waals surface area contributed by atoms with Gasteiger partial charge in [0.1, 0.15) is 10.8 Å². The molecule has 182 valence electrons. The molecule has 1 aliphatic heterocycles. The van der Waals surface area contributed by atoms with Gasteiger partial charge in [-0.1, -0.05) is 41.9 Å². The number of carbonyl (C=O) groups is 1. The highest BCUT2D eigenvalue weighted by Gasteiger charge is 2.24. The maximum absolute atomic E-state index is 13.2. The van der Waals surface area contributed by atoms with Crippen molar-refractivity contribution >= 4 is 39.2 Å². The van der Waals surface area contributed by atoms with E-state index in [-0.39, 0.29) is 21.7 Å². The second-order valence-electron chi connectivity index (χ2n) is 8.45. The number of hydrogen-bond donors (Lipinski definition) is 2. The summed E-state index contributed by atoms with van der Waals surface area (Å²) in [6.07, 6.45) is 0. The lowest BCUT2D eigenvalue weighted by Gasteiger charge is -2.17. The van der Waals surface area contributed by atoms with E-state index < -0.39 is 15.9 Å². The number of nitrogens with one attached hydrogen (secondary N) is 2. The largest absolute Gasteiger partial charge is 0.437 e. The highest BCUT2D eigenvalue weighted by atomic mass is 35.5. The summed E-state index contributed by atoms with van der Waals surface area (Å²) in [4.78, 5) is 21.6.